The molecule has 0 bridgehead atoms. The van der Waals surface area contributed by atoms with E-state index in [0.717, 1.165) is 49.2 Å². The summed E-state index contributed by atoms with van der Waals surface area (Å²) >= 11 is 0. The van der Waals surface area contributed by atoms with Crippen molar-refractivity contribution in [3.05, 3.63) is 45.5 Å². The Labute approximate surface area is 164 Å². The first-order valence-corrected chi connectivity index (χ1v) is 9.91. The summed E-state index contributed by atoms with van der Waals surface area (Å²) in [5.41, 5.74) is 2.56. The van der Waals surface area contributed by atoms with Gasteiger partial charge in [0.05, 0.1) is 5.69 Å². The van der Waals surface area contributed by atoms with E-state index in [-0.39, 0.29) is 11.5 Å². The number of hydrogen-bond acceptors (Lipinski definition) is 6. The fourth-order valence-corrected chi connectivity index (χ4v) is 3.97. The normalized spacial score (nSPS) is 16.9. The average molecular weight is 382 g/mol. The smallest absolute Gasteiger partial charge is 0.274 e. The molecule has 1 fully saturated rings. The molecule has 2 aliphatic rings. The lowest BCUT2D eigenvalue weighted by atomic mass is 9.96. The number of aromatic nitrogens is 4. The number of carbonyl (C=O) groups is 1. The predicted molar refractivity (Wildman–Crippen MR) is 106 cm³/mol. The first-order valence-electron chi connectivity index (χ1n) is 9.91. The van der Waals surface area contributed by atoms with Gasteiger partial charge in [0.2, 0.25) is 0 Å². The van der Waals surface area contributed by atoms with Gasteiger partial charge >= 0.3 is 0 Å². The van der Waals surface area contributed by atoms with Gasteiger partial charge in [-0.1, -0.05) is 0 Å². The van der Waals surface area contributed by atoms with Crippen molar-refractivity contribution in [2.75, 3.05) is 32.1 Å². The second-order valence-corrected chi connectivity index (χ2v) is 7.90. The molecule has 3 heterocycles. The molecule has 1 aliphatic carbocycles. The summed E-state index contributed by atoms with van der Waals surface area (Å²) in [5, 5.41) is 12.7. The molecule has 1 aliphatic heterocycles. The standard InChI is InChI=1S/C20H26N6O2/c1-24(2)18-7-6-17(21-22-18)20(28)25-10-8-14(9-11-25)13-26-19(27)12-15-4-3-5-16(15)23-26/h6-7,12,14H,3-5,8-11,13H2,1-2H3. The van der Waals surface area contributed by atoms with Gasteiger partial charge in [0.25, 0.3) is 11.5 Å². The van der Waals surface area contributed by atoms with Gasteiger partial charge in [0.1, 0.15) is 0 Å². The van der Waals surface area contributed by atoms with Crippen LogP contribution in [0.4, 0.5) is 5.82 Å². The zero-order valence-electron chi connectivity index (χ0n) is 16.5. The van der Waals surface area contributed by atoms with Crippen LogP contribution in [0.2, 0.25) is 0 Å². The van der Waals surface area contributed by atoms with Crippen molar-refractivity contribution < 1.29 is 4.79 Å². The van der Waals surface area contributed by atoms with Crippen LogP contribution in [0.3, 0.4) is 0 Å². The molecule has 2 aromatic rings. The van der Waals surface area contributed by atoms with Crippen LogP contribution in [-0.4, -0.2) is 58.0 Å². The number of nitrogens with zero attached hydrogens (tertiary/aromatic N) is 6. The van der Waals surface area contributed by atoms with Crippen molar-refractivity contribution in [3.63, 3.8) is 0 Å². The van der Waals surface area contributed by atoms with Crippen LogP contribution in [-0.2, 0) is 19.4 Å². The van der Waals surface area contributed by atoms with E-state index in [9.17, 15) is 9.59 Å². The van der Waals surface area contributed by atoms with Gasteiger partial charge in [0, 0.05) is 39.8 Å². The number of piperidine rings is 1. The van der Waals surface area contributed by atoms with Crippen LogP contribution in [0.1, 0.15) is 41.0 Å². The fourth-order valence-electron chi connectivity index (χ4n) is 3.97. The maximum atomic E-state index is 12.7. The van der Waals surface area contributed by atoms with E-state index in [2.05, 4.69) is 15.3 Å². The zero-order valence-corrected chi connectivity index (χ0v) is 16.5. The largest absolute Gasteiger partial charge is 0.361 e. The van der Waals surface area contributed by atoms with Crippen LogP contribution < -0.4 is 10.5 Å². The highest BCUT2D eigenvalue weighted by Crippen LogP contribution is 2.21. The molecule has 0 aromatic carbocycles. The Morgan fingerprint density at radius 2 is 1.96 bits per heavy atom. The number of fused-ring (bicyclic) bond motifs is 1. The van der Waals surface area contributed by atoms with Crippen molar-refractivity contribution in [2.45, 2.75) is 38.6 Å². The van der Waals surface area contributed by atoms with Crippen molar-refractivity contribution in [1.29, 1.82) is 0 Å². The highest BCUT2D eigenvalue weighted by molar-refractivity contribution is 5.92. The number of aryl methyl sites for hydroxylation is 2. The maximum absolute atomic E-state index is 12.7. The topological polar surface area (TPSA) is 84.2 Å². The van der Waals surface area contributed by atoms with E-state index in [1.165, 1.54) is 0 Å². The molecule has 8 heteroatoms. The van der Waals surface area contributed by atoms with Gasteiger partial charge in [0.15, 0.2) is 11.5 Å². The summed E-state index contributed by atoms with van der Waals surface area (Å²) in [6.07, 6.45) is 4.75. The number of hydrogen-bond donors (Lipinski definition) is 0. The van der Waals surface area contributed by atoms with Crippen LogP contribution in [0.25, 0.3) is 0 Å². The molecule has 1 saturated heterocycles. The number of amides is 1. The van der Waals surface area contributed by atoms with Gasteiger partial charge in [-0.3, -0.25) is 9.59 Å². The minimum absolute atomic E-state index is 0.00425. The SMILES string of the molecule is CN(C)c1ccc(C(=O)N2CCC(Cn3nc4c(cc3=O)CCC4)CC2)nn1. The van der Waals surface area contributed by atoms with Crippen molar-refractivity contribution in [2.24, 2.45) is 5.92 Å². The molecule has 1 amide bonds. The number of rotatable bonds is 4. The van der Waals surface area contributed by atoms with Gasteiger partial charge in [-0.15, -0.1) is 10.2 Å². The van der Waals surface area contributed by atoms with Crippen molar-refractivity contribution in [3.8, 4) is 0 Å². The zero-order chi connectivity index (χ0) is 19.7. The monoisotopic (exact) mass is 382 g/mol. The molecular weight excluding hydrogens is 356 g/mol. The van der Waals surface area contributed by atoms with Gasteiger partial charge in [-0.2, -0.15) is 5.10 Å². The third-order valence-corrected chi connectivity index (χ3v) is 5.68. The molecular formula is C20H26N6O2. The van der Waals surface area contributed by atoms with E-state index in [1.807, 2.05) is 23.9 Å². The lowest BCUT2D eigenvalue weighted by Crippen LogP contribution is -2.40. The molecule has 0 N–H and O–H groups in total. The van der Waals surface area contributed by atoms with E-state index >= 15 is 0 Å². The summed E-state index contributed by atoms with van der Waals surface area (Å²) < 4.78 is 1.62. The average Bonchev–Trinajstić information content (AvgIpc) is 3.15. The molecule has 2 aromatic heterocycles. The molecule has 0 unspecified atom stereocenters. The summed E-state index contributed by atoms with van der Waals surface area (Å²) in [6, 6.07) is 5.29. The van der Waals surface area contributed by atoms with Gasteiger partial charge in [-0.25, -0.2) is 4.68 Å². The first-order chi connectivity index (χ1) is 13.5. The van der Waals surface area contributed by atoms with Crippen LogP contribution in [0.5, 0.6) is 0 Å². The molecule has 148 valence electrons. The lowest BCUT2D eigenvalue weighted by molar-refractivity contribution is 0.0673. The number of likely N-dealkylation sites (tertiary alicyclic amines) is 1. The third-order valence-electron chi connectivity index (χ3n) is 5.68. The van der Waals surface area contributed by atoms with E-state index in [4.69, 9.17) is 0 Å². The molecule has 28 heavy (non-hydrogen) atoms. The van der Waals surface area contributed by atoms with Gasteiger partial charge < -0.3 is 9.80 Å². The van der Waals surface area contributed by atoms with Crippen LogP contribution in [0, 0.1) is 5.92 Å². The summed E-state index contributed by atoms with van der Waals surface area (Å²) in [6.45, 7) is 1.96. The minimum atomic E-state index is -0.0796. The lowest BCUT2D eigenvalue weighted by Gasteiger charge is -2.31. The molecule has 0 radical (unpaired) electrons. The van der Waals surface area contributed by atoms with E-state index in [1.54, 1.807) is 22.9 Å². The second-order valence-electron chi connectivity index (χ2n) is 7.90. The van der Waals surface area contributed by atoms with Gasteiger partial charge in [-0.05, 0) is 55.7 Å². The molecule has 4 rings (SSSR count). The van der Waals surface area contributed by atoms with E-state index < -0.39 is 0 Å². The summed E-state index contributed by atoms with van der Waals surface area (Å²) in [4.78, 5) is 28.7. The molecule has 8 nitrogen and oxygen atoms in total. The van der Waals surface area contributed by atoms with Crippen molar-refractivity contribution in [1.82, 2.24) is 24.9 Å². The van der Waals surface area contributed by atoms with Crippen LogP contribution >= 0.6 is 0 Å². The Morgan fingerprint density at radius 1 is 1.18 bits per heavy atom. The van der Waals surface area contributed by atoms with Crippen LogP contribution in [0.15, 0.2) is 23.0 Å². The maximum Gasteiger partial charge on any atom is 0.274 e. The highest BCUT2D eigenvalue weighted by Gasteiger charge is 2.26. The first kappa shape index (κ1) is 18.6. The Kier molecular flexibility index (Phi) is 5.11. The quantitative estimate of drug-likeness (QED) is 0.788. The fraction of sp³-hybridized carbons (Fsp3) is 0.550. The Morgan fingerprint density at radius 3 is 2.64 bits per heavy atom. The third kappa shape index (κ3) is 3.76. The Hall–Kier alpha value is -2.77. The predicted octanol–water partition coefficient (Wildman–Crippen LogP) is 1.14. The minimum Gasteiger partial charge on any atom is -0.361 e. The second kappa shape index (κ2) is 7.69. The Bertz CT molecular complexity index is 913. The molecule has 0 spiro atoms. The Balaban J connectivity index is 1.36. The number of anilines is 1. The molecule has 0 atom stereocenters. The van der Waals surface area contributed by atoms with E-state index in [0.29, 0.717) is 31.2 Å². The molecule has 0 saturated carbocycles. The summed E-state index contributed by atoms with van der Waals surface area (Å²) in [5.74, 6) is 1.00. The number of carbonyl (C=O) groups excluding carboxylic acids is 1. The highest BCUT2D eigenvalue weighted by atomic mass is 16.2. The summed E-state index contributed by atoms with van der Waals surface area (Å²) in [7, 11) is 3.77. The van der Waals surface area contributed by atoms with Crippen molar-refractivity contribution >= 4 is 11.7 Å².